The molecule has 0 aliphatic carbocycles. The lowest BCUT2D eigenvalue weighted by atomic mass is 10.2. The first-order valence-corrected chi connectivity index (χ1v) is 7.75. The van der Waals surface area contributed by atoms with E-state index in [2.05, 4.69) is 21.0 Å². The molecule has 28 heavy (non-hydrogen) atoms. The number of rotatable bonds is 5. The smallest absolute Gasteiger partial charge is 0.416 e. The third kappa shape index (κ3) is 7.35. The summed E-state index contributed by atoms with van der Waals surface area (Å²) in [5.74, 6) is -1.23. The molecule has 1 heterocycles. The predicted octanol–water partition coefficient (Wildman–Crippen LogP) is 3.79. The van der Waals surface area contributed by atoms with Crippen LogP contribution in [0.3, 0.4) is 0 Å². The van der Waals surface area contributed by atoms with E-state index in [1.54, 1.807) is 13.8 Å². The maximum atomic E-state index is 12.6. The van der Waals surface area contributed by atoms with Gasteiger partial charge < -0.3 is 20.8 Å². The van der Waals surface area contributed by atoms with Crippen LogP contribution >= 0.6 is 0 Å². The molecular formula is C16H18F3N5O4. The highest BCUT2D eigenvalue weighted by Gasteiger charge is 2.30. The Balaban J connectivity index is 0.000000416. The zero-order valence-electron chi connectivity index (χ0n) is 14.8. The van der Waals surface area contributed by atoms with Crippen molar-refractivity contribution in [2.75, 3.05) is 5.32 Å². The molecule has 0 radical (unpaired) electrons. The molecule has 0 unspecified atom stereocenters. The summed E-state index contributed by atoms with van der Waals surface area (Å²) in [5.41, 5.74) is 1.42. The number of benzene rings is 1. The number of carboxylic acids is 1. The number of alkyl halides is 3. The van der Waals surface area contributed by atoms with Crippen molar-refractivity contribution in [2.45, 2.75) is 26.1 Å². The second kappa shape index (κ2) is 9.94. The molecule has 152 valence electrons. The van der Waals surface area contributed by atoms with Gasteiger partial charge in [-0.2, -0.15) is 18.6 Å². The molecule has 12 heteroatoms. The normalized spacial score (nSPS) is 11.4. The molecule has 2 rings (SSSR count). The average molecular weight is 401 g/mol. The van der Waals surface area contributed by atoms with Crippen molar-refractivity contribution in [3.63, 3.8) is 0 Å². The standard InChI is InChI=1S/C13H9F3N2O2.C3H9N3O2/c14-13(15,16)8-3-1-4-9(7-8)18-11-10(12(19)20)5-2-6-17-11;1-3(2)4-6(8)5-7/h1-7H,(H,17,18)(H,19,20);3,7H,1-2H3,(H,4,5). The van der Waals surface area contributed by atoms with Crippen LogP contribution in [0.4, 0.5) is 24.7 Å². The minimum atomic E-state index is -4.46. The van der Waals surface area contributed by atoms with Gasteiger partial charge in [0.15, 0.2) is 0 Å². The number of carbonyl (C=O) groups is 1. The second-order valence-electron chi connectivity index (χ2n) is 5.55. The molecule has 0 aliphatic heterocycles. The van der Waals surface area contributed by atoms with Gasteiger partial charge in [-0.3, -0.25) is 0 Å². The molecule has 2 aromatic rings. The van der Waals surface area contributed by atoms with Crippen LogP contribution in [0.25, 0.3) is 0 Å². The first-order chi connectivity index (χ1) is 13.0. The van der Waals surface area contributed by atoms with Crippen LogP contribution in [0, 0.1) is 5.21 Å². The van der Waals surface area contributed by atoms with Gasteiger partial charge in [0.1, 0.15) is 11.4 Å². The Kier molecular flexibility index (Phi) is 7.98. The van der Waals surface area contributed by atoms with Gasteiger partial charge in [-0.15, -0.1) is 0 Å². The molecule has 0 fully saturated rings. The number of nitrogens with zero attached hydrogens (tertiary/aromatic N) is 3. The fraction of sp³-hybridized carbons (Fsp3) is 0.250. The quantitative estimate of drug-likeness (QED) is 0.340. The van der Waals surface area contributed by atoms with E-state index in [4.69, 9.17) is 10.3 Å². The zero-order chi connectivity index (χ0) is 21.3. The predicted molar refractivity (Wildman–Crippen MR) is 92.0 cm³/mol. The van der Waals surface area contributed by atoms with Crippen molar-refractivity contribution in [1.82, 2.24) is 10.4 Å². The summed E-state index contributed by atoms with van der Waals surface area (Å²) >= 11 is 0. The minimum Gasteiger partial charge on any atom is -0.569 e. The Hall–Kier alpha value is -3.57. The number of halogens is 3. The number of hydrogen-bond acceptors (Lipinski definition) is 5. The Morgan fingerprint density at radius 3 is 2.46 bits per heavy atom. The monoisotopic (exact) mass is 401 g/mol. The summed E-state index contributed by atoms with van der Waals surface area (Å²) in [4.78, 5) is 14.8. The second-order valence-corrected chi connectivity index (χ2v) is 5.55. The van der Waals surface area contributed by atoms with E-state index in [1.165, 1.54) is 30.5 Å². The molecular weight excluding hydrogens is 383 g/mol. The van der Waals surface area contributed by atoms with E-state index in [0.29, 0.717) is 0 Å². The van der Waals surface area contributed by atoms with Crippen molar-refractivity contribution < 1.29 is 33.2 Å². The fourth-order valence-corrected chi connectivity index (χ4v) is 1.83. The van der Waals surface area contributed by atoms with Crippen LogP contribution in [-0.4, -0.2) is 32.3 Å². The molecule has 9 nitrogen and oxygen atoms in total. The topological polar surface area (TPSA) is 133 Å². The van der Waals surface area contributed by atoms with Crippen LogP contribution in [0.15, 0.2) is 47.9 Å². The van der Waals surface area contributed by atoms with E-state index < -0.39 is 17.7 Å². The summed E-state index contributed by atoms with van der Waals surface area (Å²) < 4.78 is 37.7. The van der Waals surface area contributed by atoms with Crippen molar-refractivity contribution in [2.24, 2.45) is 5.28 Å². The Labute approximate surface area is 157 Å². The maximum absolute atomic E-state index is 12.6. The summed E-state index contributed by atoms with van der Waals surface area (Å²) in [6.45, 7) is 3.52. The van der Waals surface area contributed by atoms with Crippen molar-refractivity contribution in [3.05, 3.63) is 58.9 Å². The van der Waals surface area contributed by atoms with Crippen LogP contribution in [0.5, 0.6) is 0 Å². The van der Waals surface area contributed by atoms with E-state index >= 15 is 0 Å². The fourth-order valence-electron chi connectivity index (χ4n) is 1.83. The zero-order valence-corrected chi connectivity index (χ0v) is 14.8. The first kappa shape index (κ1) is 22.5. The molecule has 0 bridgehead atoms. The van der Waals surface area contributed by atoms with E-state index in [0.717, 1.165) is 12.1 Å². The molecule has 0 aliphatic rings. The lowest BCUT2D eigenvalue weighted by molar-refractivity contribution is -0.616. The Bertz CT molecular complexity index is 828. The van der Waals surface area contributed by atoms with Gasteiger partial charge in [-0.05, 0) is 44.2 Å². The highest BCUT2D eigenvalue weighted by atomic mass is 19.4. The van der Waals surface area contributed by atoms with Crippen LogP contribution in [-0.2, 0) is 6.18 Å². The molecule has 0 atom stereocenters. The lowest BCUT2D eigenvalue weighted by Crippen LogP contribution is -2.29. The molecule has 1 aromatic heterocycles. The molecule has 0 saturated heterocycles. The summed E-state index contributed by atoms with van der Waals surface area (Å²) in [6.07, 6.45) is -3.11. The molecule has 0 spiro atoms. The van der Waals surface area contributed by atoms with Gasteiger partial charge in [-0.25, -0.2) is 9.78 Å². The van der Waals surface area contributed by atoms with Gasteiger partial charge in [0.05, 0.1) is 16.6 Å². The Morgan fingerprint density at radius 1 is 1.29 bits per heavy atom. The lowest BCUT2D eigenvalue weighted by Gasteiger charge is -2.11. The third-order valence-electron chi connectivity index (χ3n) is 2.94. The molecule has 4 N–H and O–H groups in total. The van der Waals surface area contributed by atoms with Crippen molar-refractivity contribution in [3.8, 4) is 0 Å². The number of hydrazine groups is 1. The third-order valence-corrected chi connectivity index (χ3v) is 2.94. The first-order valence-electron chi connectivity index (χ1n) is 7.75. The van der Waals surface area contributed by atoms with E-state index in [9.17, 15) is 23.2 Å². The van der Waals surface area contributed by atoms with Crippen LogP contribution < -0.4 is 10.7 Å². The van der Waals surface area contributed by atoms with E-state index in [1.807, 2.05) is 0 Å². The van der Waals surface area contributed by atoms with Gasteiger partial charge in [0.25, 0.3) is 0 Å². The number of hydrogen-bond donors (Lipinski definition) is 4. The number of carboxylic acid groups (broad SMARTS) is 1. The van der Waals surface area contributed by atoms with Crippen LogP contribution in [0.2, 0.25) is 0 Å². The number of aromatic carboxylic acids is 1. The van der Waals surface area contributed by atoms with Crippen molar-refractivity contribution >= 4 is 17.5 Å². The van der Waals surface area contributed by atoms with Gasteiger partial charge in [0.2, 0.25) is 5.28 Å². The van der Waals surface area contributed by atoms with Gasteiger partial charge in [-0.1, -0.05) is 6.07 Å². The number of nitrogens with one attached hydrogen (secondary N) is 2. The van der Waals surface area contributed by atoms with Gasteiger partial charge >= 0.3 is 12.1 Å². The number of anilines is 2. The SMILES string of the molecule is CC(C)N[N+]([O-])=NO.O=C(O)c1cccnc1Nc1cccc(C(F)(F)F)c1. The molecule has 0 amide bonds. The molecule has 0 saturated carbocycles. The largest absolute Gasteiger partial charge is 0.569 e. The highest BCUT2D eigenvalue weighted by molar-refractivity contribution is 5.93. The van der Waals surface area contributed by atoms with Crippen LogP contribution in [0.1, 0.15) is 29.8 Å². The van der Waals surface area contributed by atoms with E-state index in [-0.39, 0.29) is 28.1 Å². The molecule has 1 aromatic carbocycles. The summed E-state index contributed by atoms with van der Waals surface area (Å²) in [6, 6.07) is 7.18. The highest BCUT2D eigenvalue weighted by Crippen LogP contribution is 2.31. The van der Waals surface area contributed by atoms with Crippen molar-refractivity contribution in [1.29, 1.82) is 0 Å². The Morgan fingerprint density at radius 2 is 1.96 bits per heavy atom. The number of aromatic nitrogens is 1. The minimum absolute atomic E-state index is 0.00463. The summed E-state index contributed by atoms with van der Waals surface area (Å²) in [5, 5.41) is 31.6. The van der Waals surface area contributed by atoms with Gasteiger partial charge in [0, 0.05) is 11.9 Å². The average Bonchev–Trinajstić information content (AvgIpc) is 2.61. The maximum Gasteiger partial charge on any atom is 0.416 e. The number of pyridine rings is 1. The summed E-state index contributed by atoms with van der Waals surface area (Å²) in [7, 11) is 0.